The van der Waals surface area contributed by atoms with Gasteiger partial charge in [-0.25, -0.2) is 13.4 Å². The summed E-state index contributed by atoms with van der Waals surface area (Å²) in [7, 11) is -3.23. The molecule has 0 radical (unpaired) electrons. The van der Waals surface area contributed by atoms with Crippen molar-refractivity contribution in [2.75, 3.05) is 6.26 Å². The molecule has 0 spiro atoms. The van der Waals surface area contributed by atoms with Crippen LogP contribution in [-0.4, -0.2) is 30.0 Å². The fourth-order valence-corrected chi connectivity index (χ4v) is 3.49. The van der Waals surface area contributed by atoms with Crippen LogP contribution in [0.3, 0.4) is 0 Å². The molecule has 0 saturated heterocycles. The van der Waals surface area contributed by atoms with Gasteiger partial charge in [0.25, 0.3) is 5.91 Å². The maximum absolute atomic E-state index is 12.6. The van der Waals surface area contributed by atoms with Crippen LogP contribution in [0.25, 0.3) is 5.65 Å². The lowest BCUT2D eigenvalue weighted by atomic mass is 10.0. The lowest BCUT2D eigenvalue weighted by Gasteiger charge is -2.18. The first-order valence-corrected chi connectivity index (χ1v) is 10.2. The lowest BCUT2D eigenvalue weighted by molar-refractivity contribution is 0.0935. The molecule has 2 heterocycles. The van der Waals surface area contributed by atoms with Crippen LogP contribution in [0, 0.1) is 6.92 Å². The molecule has 26 heavy (non-hydrogen) atoms. The van der Waals surface area contributed by atoms with Crippen molar-refractivity contribution in [1.29, 1.82) is 0 Å². The van der Waals surface area contributed by atoms with Crippen LogP contribution in [0.4, 0.5) is 0 Å². The third-order valence-corrected chi connectivity index (χ3v) is 5.39. The predicted molar refractivity (Wildman–Crippen MR) is 100.0 cm³/mol. The first-order valence-electron chi connectivity index (χ1n) is 8.34. The highest BCUT2D eigenvalue weighted by atomic mass is 32.2. The van der Waals surface area contributed by atoms with Crippen LogP contribution in [0.5, 0.6) is 0 Å². The molecule has 3 rings (SSSR count). The summed E-state index contributed by atoms with van der Waals surface area (Å²) in [5, 5.41) is 3.01. The molecule has 1 N–H and O–H groups in total. The number of carbonyl (C=O) groups is 1. The van der Waals surface area contributed by atoms with Crippen LogP contribution in [0.1, 0.15) is 41.0 Å². The number of aryl methyl sites for hydroxylation is 1. The topological polar surface area (TPSA) is 80.5 Å². The van der Waals surface area contributed by atoms with Gasteiger partial charge in [-0.1, -0.05) is 19.1 Å². The third kappa shape index (κ3) is 3.77. The van der Waals surface area contributed by atoms with Gasteiger partial charge in [-0.3, -0.25) is 4.79 Å². The van der Waals surface area contributed by atoms with Crippen molar-refractivity contribution in [2.24, 2.45) is 0 Å². The molecule has 6 nitrogen and oxygen atoms in total. The highest BCUT2D eigenvalue weighted by Gasteiger charge is 2.16. The minimum Gasteiger partial charge on any atom is -0.345 e. The van der Waals surface area contributed by atoms with Crippen molar-refractivity contribution in [3.8, 4) is 0 Å². The number of nitrogens with zero attached hydrogens (tertiary/aromatic N) is 2. The molecule has 1 amide bonds. The van der Waals surface area contributed by atoms with E-state index in [4.69, 9.17) is 0 Å². The van der Waals surface area contributed by atoms with Crippen molar-refractivity contribution in [1.82, 2.24) is 14.7 Å². The first kappa shape index (κ1) is 18.1. The Bertz CT molecular complexity index is 1050. The Morgan fingerprint density at radius 2 is 1.85 bits per heavy atom. The molecule has 0 aliphatic rings. The molecule has 0 bridgehead atoms. The van der Waals surface area contributed by atoms with E-state index in [-0.39, 0.29) is 16.8 Å². The summed E-state index contributed by atoms with van der Waals surface area (Å²) in [4.78, 5) is 17.2. The van der Waals surface area contributed by atoms with Gasteiger partial charge in [0.2, 0.25) is 0 Å². The monoisotopic (exact) mass is 371 g/mol. The molecular formula is C19H21N3O3S. The van der Waals surface area contributed by atoms with Gasteiger partial charge in [0.15, 0.2) is 9.84 Å². The molecule has 7 heteroatoms. The number of rotatable bonds is 5. The van der Waals surface area contributed by atoms with Crippen LogP contribution in [0.2, 0.25) is 0 Å². The Morgan fingerprint density at radius 3 is 2.46 bits per heavy atom. The number of sulfone groups is 1. The fraction of sp³-hybridized carbons (Fsp3) is 0.263. The quantitative estimate of drug-likeness (QED) is 0.748. The van der Waals surface area contributed by atoms with Gasteiger partial charge in [0, 0.05) is 18.6 Å². The first-order chi connectivity index (χ1) is 12.3. The van der Waals surface area contributed by atoms with Crippen LogP contribution in [-0.2, 0) is 9.84 Å². The number of fused-ring (bicyclic) bond motifs is 1. The van der Waals surface area contributed by atoms with Crippen LogP contribution >= 0.6 is 0 Å². The summed E-state index contributed by atoms with van der Waals surface area (Å²) in [6.45, 7) is 3.87. The second-order valence-electron chi connectivity index (χ2n) is 6.34. The predicted octanol–water partition coefficient (Wildman–Crippen LogP) is 2.93. The number of carbonyl (C=O) groups excluding carboxylic acids is 1. The Kier molecular flexibility index (Phi) is 4.82. The summed E-state index contributed by atoms with van der Waals surface area (Å²) < 4.78 is 25.0. The van der Waals surface area contributed by atoms with Gasteiger partial charge in [-0.05, 0) is 43.2 Å². The Labute approximate surface area is 152 Å². The van der Waals surface area contributed by atoms with Gasteiger partial charge >= 0.3 is 0 Å². The molecule has 2 aromatic heterocycles. The Morgan fingerprint density at radius 1 is 1.15 bits per heavy atom. The maximum atomic E-state index is 12.6. The second kappa shape index (κ2) is 6.92. The van der Waals surface area contributed by atoms with E-state index in [2.05, 4.69) is 10.3 Å². The largest absolute Gasteiger partial charge is 0.345 e. The van der Waals surface area contributed by atoms with Gasteiger partial charge in [-0.15, -0.1) is 0 Å². The summed E-state index contributed by atoms with van der Waals surface area (Å²) in [6.07, 6.45) is 5.49. The third-order valence-electron chi connectivity index (χ3n) is 4.26. The van der Waals surface area contributed by atoms with Crippen LogP contribution < -0.4 is 5.32 Å². The van der Waals surface area contributed by atoms with Crippen molar-refractivity contribution in [2.45, 2.75) is 31.2 Å². The van der Waals surface area contributed by atoms with Gasteiger partial charge in [0.1, 0.15) is 5.65 Å². The zero-order chi connectivity index (χ0) is 18.9. The number of imidazole rings is 1. The SMILES string of the molecule is CCC(NC(=O)c1ccc2nc(C)cn2c1)c1ccc(S(C)(=O)=O)cc1. The van der Waals surface area contributed by atoms with E-state index < -0.39 is 9.84 Å². The van der Waals surface area contributed by atoms with E-state index in [1.54, 1.807) is 36.5 Å². The Hall–Kier alpha value is -2.67. The number of aromatic nitrogens is 2. The highest BCUT2D eigenvalue weighted by molar-refractivity contribution is 7.90. The standard InChI is InChI=1S/C19H21N3O3S/c1-4-17(14-5-8-16(9-6-14)26(3,24)25)21-19(23)15-7-10-18-20-13(2)11-22(18)12-15/h5-12,17H,4H2,1-3H3,(H,21,23). The molecule has 0 saturated carbocycles. The van der Waals surface area contributed by atoms with Crippen molar-refractivity contribution < 1.29 is 13.2 Å². The van der Waals surface area contributed by atoms with Gasteiger partial charge in [-0.2, -0.15) is 0 Å². The smallest absolute Gasteiger partial charge is 0.253 e. The number of nitrogens with one attached hydrogen (secondary N) is 1. The van der Waals surface area contributed by atoms with E-state index in [1.165, 1.54) is 6.26 Å². The minimum atomic E-state index is -3.23. The molecular weight excluding hydrogens is 350 g/mol. The van der Waals surface area contributed by atoms with E-state index >= 15 is 0 Å². The van der Waals surface area contributed by atoms with E-state index in [0.717, 1.165) is 16.9 Å². The molecule has 0 aliphatic carbocycles. The molecule has 0 fully saturated rings. The number of pyridine rings is 1. The van der Waals surface area contributed by atoms with Crippen LogP contribution in [0.15, 0.2) is 53.7 Å². The molecule has 136 valence electrons. The lowest BCUT2D eigenvalue weighted by Crippen LogP contribution is -2.28. The van der Waals surface area contributed by atoms with Gasteiger partial charge < -0.3 is 9.72 Å². The minimum absolute atomic E-state index is 0.183. The zero-order valence-corrected chi connectivity index (χ0v) is 15.7. The van der Waals surface area contributed by atoms with E-state index in [1.807, 2.05) is 30.5 Å². The van der Waals surface area contributed by atoms with Gasteiger partial charge in [0.05, 0.1) is 22.2 Å². The number of hydrogen-bond donors (Lipinski definition) is 1. The average molecular weight is 371 g/mol. The number of amides is 1. The number of hydrogen-bond acceptors (Lipinski definition) is 4. The normalized spacial score (nSPS) is 12.9. The number of benzene rings is 1. The van der Waals surface area contributed by atoms with Crippen molar-refractivity contribution >= 4 is 21.4 Å². The second-order valence-corrected chi connectivity index (χ2v) is 8.36. The fourth-order valence-electron chi connectivity index (χ4n) is 2.86. The molecule has 0 aliphatic heterocycles. The molecule has 3 aromatic rings. The summed E-state index contributed by atoms with van der Waals surface area (Å²) in [5.74, 6) is -0.183. The van der Waals surface area contributed by atoms with Crippen molar-refractivity contribution in [3.63, 3.8) is 0 Å². The van der Waals surface area contributed by atoms with E-state index in [9.17, 15) is 13.2 Å². The van der Waals surface area contributed by atoms with Crippen molar-refractivity contribution in [3.05, 3.63) is 65.6 Å². The Balaban J connectivity index is 1.81. The summed E-state index contributed by atoms with van der Waals surface area (Å²) in [6, 6.07) is 9.98. The highest BCUT2D eigenvalue weighted by Crippen LogP contribution is 2.20. The molecule has 1 atom stereocenters. The average Bonchev–Trinajstić information content (AvgIpc) is 2.98. The van der Waals surface area contributed by atoms with E-state index in [0.29, 0.717) is 12.0 Å². The summed E-state index contributed by atoms with van der Waals surface area (Å²) >= 11 is 0. The maximum Gasteiger partial charge on any atom is 0.253 e. The zero-order valence-electron chi connectivity index (χ0n) is 14.9. The summed E-state index contributed by atoms with van der Waals surface area (Å²) in [5.41, 5.74) is 3.09. The molecule has 1 unspecified atom stereocenters. The molecule has 1 aromatic carbocycles.